The second-order valence-electron chi connectivity index (χ2n) is 6.62. The molecule has 2 aliphatic rings. The van der Waals surface area contributed by atoms with Crippen LogP contribution in [0.5, 0.6) is 0 Å². The van der Waals surface area contributed by atoms with Crippen molar-refractivity contribution < 1.29 is 14.3 Å². The van der Waals surface area contributed by atoms with Gasteiger partial charge >= 0.3 is 5.97 Å². The van der Waals surface area contributed by atoms with Crippen LogP contribution in [0.1, 0.15) is 31.2 Å². The molecule has 0 aliphatic carbocycles. The van der Waals surface area contributed by atoms with E-state index in [1.165, 1.54) is 0 Å². The third kappa shape index (κ3) is 2.76. The molecule has 0 saturated carbocycles. The fraction of sp³-hybridized carbons (Fsp3) is 0.444. The minimum absolute atomic E-state index is 0.0381. The lowest BCUT2D eigenvalue weighted by Gasteiger charge is -2.29. The van der Waals surface area contributed by atoms with Gasteiger partial charge in [-0.25, -0.2) is 14.8 Å². The number of amides is 1. The van der Waals surface area contributed by atoms with Crippen molar-refractivity contribution in [3.05, 3.63) is 35.7 Å². The van der Waals surface area contributed by atoms with E-state index in [0.29, 0.717) is 17.9 Å². The number of para-hydroxylation sites is 2. The molecule has 1 aromatic carbocycles. The zero-order chi connectivity index (χ0) is 17.6. The number of carbonyl (C=O) groups is 2. The van der Waals surface area contributed by atoms with Gasteiger partial charge in [0, 0.05) is 12.2 Å². The van der Waals surface area contributed by atoms with Crippen molar-refractivity contribution in [1.82, 2.24) is 14.9 Å². The topological polar surface area (TPSA) is 72.4 Å². The normalized spacial score (nSPS) is 25.4. The Morgan fingerprint density at radius 3 is 2.84 bits per heavy atom. The Bertz CT molecular complexity index is 872. The third-order valence-corrected chi connectivity index (χ3v) is 6.42. The Hall–Kier alpha value is -2.15. The number of thioether (sulfide) groups is 1. The van der Waals surface area contributed by atoms with Crippen LogP contribution in [-0.2, 0) is 20.9 Å². The van der Waals surface area contributed by atoms with Crippen LogP contribution >= 0.6 is 11.8 Å². The largest absolute Gasteiger partial charge is 0.458 e. The highest BCUT2D eigenvalue weighted by Crippen LogP contribution is 2.47. The number of esters is 1. The van der Waals surface area contributed by atoms with E-state index in [4.69, 9.17) is 4.74 Å². The molecule has 25 heavy (non-hydrogen) atoms. The summed E-state index contributed by atoms with van der Waals surface area (Å²) in [5.74, 6) is 0.265. The van der Waals surface area contributed by atoms with Crippen LogP contribution < -0.4 is 0 Å². The van der Waals surface area contributed by atoms with Gasteiger partial charge in [-0.05, 0) is 32.4 Å². The van der Waals surface area contributed by atoms with Crippen LogP contribution in [0.25, 0.3) is 11.0 Å². The molecule has 0 bridgehead atoms. The maximum atomic E-state index is 12.5. The van der Waals surface area contributed by atoms with Gasteiger partial charge in [0.1, 0.15) is 12.6 Å². The first kappa shape index (κ1) is 16.3. The molecule has 1 aromatic heterocycles. The predicted octanol–water partition coefficient (Wildman–Crippen LogP) is 2.44. The molecule has 7 heteroatoms. The highest BCUT2D eigenvalue weighted by atomic mass is 32.2. The van der Waals surface area contributed by atoms with Crippen LogP contribution in [0.15, 0.2) is 24.3 Å². The maximum Gasteiger partial charge on any atom is 0.330 e. The monoisotopic (exact) mass is 357 g/mol. The SMILES string of the molecule is Cc1nc2ccccc2nc1COC(=O)[C@H]1CS[C@@]2(C)CCC(=O)N12. The number of aryl methyl sites for hydroxylation is 1. The molecule has 0 N–H and O–H groups in total. The third-order valence-electron chi connectivity index (χ3n) is 4.91. The smallest absolute Gasteiger partial charge is 0.330 e. The molecular formula is C18H19N3O3S. The summed E-state index contributed by atoms with van der Waals surface area (Å²) in [5.41, 5.74) is 2.99. The summed E-state index contributed by atoms with van der Waals surface area (Å²) in [7, 11) is 0. The fourth-order valence-electron chi connectivity index (χ4n) is 3.49. The minimum atomic E-state index is -0.501. The molecule has 2 saturated heterocycles. The first-order valence-corrected chi connectivity index (χ1v) is 9.31. The zero-order valence-corrected chi connectivity index (χ0v) is 15.0. The standard InChI is InChI=1S/C18H19N3O3S/c1-11-14(20-13-6-4-3-5-12(13)19-11)9-24-17(23)15-10-25-18(2)8-7-16(22)21(15)18/h3-6,15H,7-10H2,1-2H3/t15-,18+/m1/s1. The number of hydrogen-bond donors (Lipinski definition) is 0. The first-order chi connectivity index (χ1) is 12.0. The number of nitrogens with zero attached hydrogens (tertiary/aromatic N) is 3. The van der Waals surface area contributed by atoms with Gasteiger partial charge in [0.05, 0.1) is 27.3 Å². The Balaban J connectivity index is 1.49. The number of ether oxygens (including phenoxy) is 1. The van der Waals surface area contributed by atoms with Crippen molar-refractivity contribution in [2.45, 2.75) is 44.2 Å². The summed E-state index contributed by atoms with van der Waals surface area (Å²) in [6, 6.07) is 7.10. The summed E-state index contributed by atoms with van der Waals surface area (Å²) in [4.78, 5) is 35.2. The van der Waals surface area contributed by atoms with Gasteiger partial charge in [-0.15, -0.1) is 11.8 Å². The molecule has 2 atom stereocenters. The molecular weight excluding hydrogens is 338 g/mol. The summed E-state index contributed by atoms with van der Waals surface area (Å²) in [5, 5.41) is 0. The van der Waals surface area contributed by atoms with Crippen molar-refractivity contribution in [3.8, 4) is 0 Å². The van der Waals surface area contributed by atoms with Crippen molar-refractivity contribution in [2.75, 3.05) is 5.75 Å². The van der Waals surface area contributed by atoms with Gasteiger partial charge in [0.15, 0.2) is 0 Å². The fourth-order valence-corrected chi connectivity index (χ4v) is 4.91. The first-order valence-electron chi connectivity index (χ1n) is 8.33. The van der Waals surface area contributed by atoms with E-state index in [1.807, 2.05) is 38.1 Å². The molecule has 2 fully saturated rings. The van der Waals surface area contributed by atoms with E-state index in [1.54, 1.807) is 16.7 Å². The van der Waals surface area contributed by atoms with Gasteiger partial charge < -0.3 is 9.64 Å². The molecule has 1 amide bonds. The highest BCUT2D eigenvalue weighted by molar-refractivity contribution is 8.01. The Kier molecular flexibility index (Phi) is 3.91. The van der Waals surface area contributed by atoms with Crippen molar-refractivity contribution in [2.24, 2.45) is 0 Å². The van der Waals surface area contributed by atoms with Gasteiger partial charge in [-0.3, -0.25) is 4.79 Å². The molecule has 130 valence electrons. The lowest BCUT2D eigenvalue weighted by atomic mass is 10.2. The maximum absolute atomic E-state index is 12.5. The summed E-state index contributed by atoms with van der Waals surface area (Å²) in [6.07, 6.45) is 1.29. The van der Waals surface area contributed by atoms with Gasteiger partial charge in [-0.2, -0.15) is 0 Å². The summed E-state index contributed by atoms with van der Waals surface area (Å²) < 4.78 is 5.49. The van der Waals surface area contributed by atoms with Crippen LogP contribution in [0, 0.1) is 6.92 Å². The highest BCUT2D eigenvalue weighted by Gasteiger charge is 2.53. The molecule has 2 aromatic rings. The van der Waals surface area contributed by atoms with E-state index < -0.39 is 6.04 Å². The number of benzene rings is 1. The van der Waals surface area contributed by atoms with E-state index in [0.717, 1.165) is 23.1 Å². The van der Waals surface area contributed by atoms with Gasteiger partial charge in [-0.1, -0.05) is 12.1 Å². The molecule has 6 nitrogen and oxygen atoms in total. The van der Waals surface area contributed by atoms with E-state index in [9.17, 15) is 9.59 Å². The van der Waals surface area contributed by atoms with Gasteiger partial charge in [0.25, 0.3) is 0 Å². The molecule has 3 heterocycles. The summed E-state index contributed by atoms with van der Waals surface area (Å²) >= 11 is 1.66. The van der Waals surface area contributed by atoms with Crippen LogP contribution in [0.3, 0.4) is 0 Å². The summed E-state index contributed by atoms with van der Waals surface area (Å²) in [6.45, 7) is 3.95. The van der Waals surface area contributed by atoms with Crippen molar-refractivity contribution in [3.63, 3.8) is 0 Å². The number of rotatable bonds is 3. The van der Waals surface area contributed by atoms with Crippen LogP contribution in [0.4, 0.5) is 0 Å². The quantitative estimate of drug-likeness (QED) is 0.786. The van der Waals surface area contributed by atoms with Crippen molar-refractivity contribution >= 4 is 34.7 Å². The second kappa shape index (κ2) is 5.98. The van der Waals surface area contributed by atoms with E-state index >= 15 is 0 Å². The van der Waals surface area contributed by atoms with E-state index in [2.05, 4.69) is 9.97 Å². The minimum Gasteiger partial charge on any atom is -0.458 e. The molecule has 4 rings (SSSR count). The molecule has 0 radical (unpaired) electrons. The van der Waals surface area contributed by atoms with Gasteiger partial charge in [0.2, 0.25) is 5.91 Å². The molecule has 0 unspecified atom stereocenters. The number of hydrogen-bond acceptors (Lipinski definition) is 6. The average Bonchev–Trinajstić information content (AvgIpc) is 3.09. The van der Waals surface area contributed by atoms with Crippen LogP contribution in [0.2, 0.25) is 0 Å². The average molecular weight is 357 g/mol. The lowest BCUT2D eigenvalue weighted by Crippen LogP contribution is -2.46. The number of fused-ring (bicyclic) bond motifs is 2. The zero-order valence-electron chi connectivity index (χ0n) is 14.2. The second-order valence-corrected chi connectivity index (χ2v) is 8.12. The van der Waals surface area contributed by atoms with Crippen LogP contribution in [-0.4, -0.2) is 43.4 Å². The number of aromatic nitrogens is 2. The van der Waals surface area contributed by atoms with E-state index in [-0.39, 0.29) is 23.4 Å². The Morgan fingerprint density at radius 2 is 2.08 bits per heavy atom. The molecule has 0 spiro atoms. The Labute approximate surface area is 150 Å². The number of carbonyl (C=O) groups excluding carboxylic acids is 2. The Morgan fingerprint density at radius 1 is 1.36 bits per heavy atom. The van der Waals surface area contributed by atoms with Crippen molar-refractivity contribution in [1.29, 1.82) is 0 Å². The predicted molar refractivity (Wildman–Crippen MR) is 94.8 cm³/mol. The lowest BCUT2D eigenvalue weighted by molar-refractivity contribution is -0.154. The molecule has 2 aliphatic heterocycles.